The maximum Gasteiger partial charge on any atom is 0.246 e. The average molecular weight is 256 g/mol. The molecule has 2 amide bonds. The summed E-state index contributed by atoms with van der Waals surface area (Å²) >= 11 is 1.78. The van der Waals surface area contributed by atoms with Gasteiger partial charge in [0.2, 0.25) is 11.8 Å². The lowest BCUT2D eigenvalue weighted by Gasteiger charge is -2.39. The molecule has 0 bridgehead atoms. The van der Waals surface area contributed by atoms with Crippen LogP contribution < -0.4 is 0 Å². The lowest BCUT2D eigenvalue weighted by atomic mass is 10.1. The van der Waals surface area contributed by atoms with E-state index in [2.05, 4.69) is 6.26 Å². The van der Waals surface area contributed by atoms with Crippen molar-refractivity contribution in [1.29, 1.82) is 0 Å². The molecule has 96 valence electrons. The quantitative estimate of drug-likeness (QED) is 0.752. The van der Waals surface area contributed by atoms with Gasteiger partial charge in [0.25, 0.3) is 0 Å². The van der Waals surface area contributed by atoms with Gasteiger partial charge in [-0.3, -0.25) is 9.59 Å². The fourth-order valence-electron chi connectivity index (χ4n) is 2.65. The van der Waals surface area contributed by atoms with Gasteiger partial charge in [-0.2, -0.15) is 11.8 Å². The Labute approximate surface area is 107 Å². The second-order valence-electron chi connectivity index (χ2n) is 4.84. The number of nitrogens with zero attached hydrogens (tertiary/aromatic N) is 2. The van der Waals surface area contributed by atoms with Gasteiger partial charge in [-0.1, -0.05) is 0 Å². The van der Waals surface area contributed by atoms with Crippen LogP contribution in [0.4, 0.5) is 0 Å². The smallest absolute Gasteiger partial charge is 0.246 e. The molecule has 0 spiro atoms. The number of piperazine rings is 1. The summed E-state index contributed by atoms with van der Waals surface area (Å²) in [5.41, 5.74) is 0. The third kappa shape index (κ3) is 2.44. The molecule has 2 unspecified atom stereocenters. The number of hydrogen-bond donors (Lipinski definition) is 0. The zero-order valence-electron chi connectivity index (χ0n) is 10.5. The normalized spacial score (nSPS) is 26.4. The van der Waals surface area contributed by atoms with Crippen LogP contribution in [0.5, 0.6) is 0 Å². The summed E-state index contributed by atoms with van der Waals surface area (Å²) in [7, 11) is 0. The summed E-state index contributed by atoms with van der Waals surface area (Å²) < 4.78 is 0. The van der Waals surface area contributed by atoms with Gasteiger partial charge in [-0.05, 0) is 38.2 Å². The van der Waals surface area contributed by atoms with Crippen molar-refractivity contribution in [1.82, 2.24) is 9.80 Å². The molecule has 0 N–H and O–H groups in total. The first-order valence-electron chi connectivity index (χ1n) is 6.24. The number of amides is 2. The summed E-state index contributed by atoms with van der Waals surface area (Å²) in [6, 6.07) is 0.0228. The Morgan fingerprint density at radius 3 is 2.94 bits per heavy atom. The van der Waals surface area contributed by atoms with Crippen LogP contribution in [0.15, 0.2) is 0 Å². The van der Waals surface area contributed by atoms with Crippen LogP contribution in [-0.2, 0) is 9.59 Å². The van der Waals surface area contributed by atoms with Gasteiger partial charge in [-0.15, -0.1) is 0 Å². The molecule has 2 heterocycles. The van der Waals surface area contributed by atoms with Crippen LogP contribution in [-0.4, -0.2) is 58.8 Å². The van der Waals surface area contributed by atoms with Crippen LogP contribution in [0.25, 0.3) is 0 Å². The zero-order valence-corrected chi connectivity index (χ0v) is 11.3. The SMILES string of the molecule is CSCCC(C)N1CC(=O)N2CCCC2C1=O. The van der Waals surface area contributed by atoms with Gasteiger partial charge in [0.15, 0.2) is 0 Å². The third-order valence-electron chi connectivity index (χ3n) is 3.72. The van der Waals surface area contributed by atoms with Crippen molar-refractivity contribution in [2.45, 2.75) is 38.3 Å². The number of carbonyl (C=O) groups excluding carboxylic acids is 2. The predicted molar refractivity (Wildman–Crippen MR) is 68.9 cm³/mol. The zero-order chi connectivity index (χ0) is 12.4. The Kier molecular flexibility index (Phi) is 3.97. The van der Waals surface area contributed by atoms with Crippen molar-refractivity contribution in [3.05, 3.63) is 0 Å². The van der Waals surface area contributed by atoms with Crippen LogP contribution in [0, 0.1) is 0 Å². The van der Waals surface area contributed by atoms with E-state index in [0.717, 1.165) is 31.6 Å². The number of rotatable bonds is 4. The van der Waals surface area contributed by atoms with E-state index in [-0.39, 0.29) is 30.4 Å². The van der Waals surface area contributed by atoms with Crippen molar-refractivity contribution in [2.24, 2.45) is 0 Å². The molecule has 17 heavy (non-hydrogen) atoms. The van der Waals surface area contributed by atoms with Crippen LogP contribution >= 0.6 is 11.8 Å². The predicted octanol–water partition coefficient (Wildman–Crippen LogP) is 0.961. The Morgan fingerprint density at radius 1 is 1.47 bits per heavy atom. The summed E-state index contributed by atoms with van der Waals surface area (Å²) in [6.45, 7) is 3.10. The van der Waals surface area contributed by atoms with Crippen LogP contribution in [0.1, 0.15) is 26.2 Å². The van der Waals surface area contributed by atoms with Gasteiger partial charge in [0, 0.05) is 12.6 Å². The van der Waals surface area contributed by atoms with E-state index < -0.39 is 0 Å². The Bertz CT molecular complexity index is 322. The van der Waals surface area contributed by atoms with Crippen LogP contribution in [0.2, 0.25) is 0 Å². The van der Waals surface area contributed by atoms with E-state index in [1.54, 1.807) is 21.6 Å². The molecular formula is C12H20N2O2S. The molecule has 0 aliphatic carbocycles. The minimum atomic E-state index is -0.159. The van der Waals surface area contributed by atoms with E-state index in [9.17, 15) is 9.59 Å². The van der Waals surface area contributed by atoms with E-state index in [4.69, 9.17) is 0 Å². The number of fused-ring (bicyclic) bond motifs is 1. The van der Waals surface area contributed by atoms with E-state index >= 15 is 0 Å². The first kappa shape index (κ1) is 12.7. The lowest BCUT2D eigenvalue weighted by molar-refractivity contribution is -0.155. The van der Waals surface area contributed by atoms with Crippen molar-refractivity contribution in [2.75, 3.05) is 25.1 Å². The van der Waals surface area contributed by atoms with Crippen molar-refractivity contribution >= 4 is 23.6 Å². The van der Waals surface area contributed by atoms with E-state index in [0.29, 0.717) is 0 Å². The number of carbonyl (C=O) groups is 2. The van der Waals surface area contributed by atoms with Gasteiger partial charge in [0.05, 0.1) is 0 Å². The molecule has 0 aromatic carbocycles. The monoisotopic (exact) mass is 256 g/mol. The molecule has 0 saturated carbocycles. The molecule has 2 atom stereocenters. The number of hydrogen-bond acceptors (Lipinski definition) is 3. The van der Waals surface area contributed by atoms with Gasteiger partial charge in [0.1, 0.15) is 12.6 Å². The maximum atomic E-state index is 12.3. The summed E-state index contributed by atoms with van der Waals surface area (Å²) in [5.74, 6) is 1.33. The summed E-state index contributed by atoms with van der Waals surface area (Å²) in [5, 5.41) is 0. The molecule has 0 radical (unpaired) electrons. The van der Waals surface area contributed by atoms with Crippen molar-refractivity contribution < 1.29 is 9.59 Å². The minimum Gasteiger partial charge on any atom is -0.329 e. The summed E-state index contributed by atoms with van der Waals surface area (Å²) in [6.07, 6.45) is 4.84. The Hall–Kier alpha value is -0.710. The fraction of sp³-hybridized carbons (Fsp3) is 0.833. The fourth-order valence-corrected chi connectivity index (χ4v) is 3.22. The van der Waals surface area contributed by atoms with E-state index in [1.165, 1.54) is 0 Å². The highest BCUT2D eigenvalue weighted by Crippen LogP contribution is 2.25. The minimum absolute atomic E-state index is 0.128. The molecule has 2 aliphatic heterocycles. The maximum absolute atomic E-state index is 12.3. The molecular weight excluding hydrogens is 236 g/mol. The number of thioether (sulfide) groups is 1. The molecule has 2 aliphatic rings. The Balaban J connectivity index is 2.03. The Morgan fingerprint density at radius 2 is 2.24 bits per heavy atom. The highest BCUT2D eigenvalue weighted by Gasteiger charge is 2.42. The van der Waals surface area contributed by atoms with Crippen molar-refractivity contribution in [3.8, 4) is 0 Å². The molecule has 4 nitrogen and oxygen atoms in total. The van der Waals surface area contributed by atoms with Gasteiger partial charge >= 0.3 is 0 Å². The molecule has 2 saturated heterocycles. The van der Waals surface area contributed by atoms with E-state index in [1.807, 2.05) is 6.92 Å². The molecule has 2 rings (SSSR count). The highest BCUT2D eigenvalue weighted by atomic mass is 32.2. The largest absolute Gasteiger partial charge is 0.329 e. The second-order valence-corrected chi connectivity index (χ2v) is 5.83. The molecule has 2 fully saturated rings. The first-order chi connectivity index (χ1) is 8.15. The lowest BCUT2D eigenvalue weighted by Crippen LogP contribution is -2.59. The molecule has 5 heteroatoms. The van der Waals surface area contributed by atoms with Crippen LogP contribution in [0.3, 0.4) is 0 Å². The second kappa shape index (κ2) is 5.29. The first-order valence-corrected chi connectivity index (χ1v) is 7.63. The van der Waals surface area contributed by atoms with Gasteiger partial charge in [-0.25, -0.2) is 0 Å². The average Bonchev–Trinajstić information content (AvgIpc) is 2.80. The topological polar surface area (TPSA) is 40.6 Å². The third-order valence-corrected chi connectivity index (χ3v) is 4.36. The molecule has 0 aromatic rings. The van der Waals surface area contributed by atoms with Gasteiger partial charge < -0.3 is 9.80 Å². The highest BCUT2D eigenvalue weighted by molar-refractivity contribution is 7.98. The summed E-state index contributed by atoms with van der Waals surface area (Å²) in [4.78, 5) is 27.8. The standard InChI is InChI=1S/C12H20N2O2S/c1-9(5-7-17-2)14-8-11(15)13-6-3-4-10(13)12(14)16/h9-10H,3-8H2,1-2H3. The molecule has 0 aromatic heterocycles. The van der Waals surface area contributed by atoms with Crippen molar-refractivity contribution in [3.63, 3.8) is 0 Å².